The van der Waals surface area contributed by atoms with Crippen molar-refractivity contribution < 1.29 is 19.0 Å². The largest absolute Gasteiger partial charge is 0.493 e. The first kappa shape index (κ1) is 20.7. The summed E-state index contributed by atoms with van der Waals surface area (Å²) in [6, 6.07) is 5.77. The number of hydrogen-bond acceptors (Lipinski definition) is 5. The van der Waals surface area contributed by atoms with Gasteiger partial charge in [-0.25, -0.2) is 9.79 Å². The van der Waals surface area contributed by atoms with Gasteiger partial charge >= 0.3 is 6.09 Å². The number of para-hydroxylation sites is 1. The normalized spacial score (nSPS) is 14.7. The van der Waals surface area contributed by atoms with Crippen LogP contribution in [0.25, 0.3) is 0 Å². The Kier molecular flexibility index (Phi) is 8.03. The summed E-state index contributed by atoms with van der Waals surface area (Å²) in [7, 11) is 3.25. The molecular weight excluding hydrogens is 348 g/mol. The van der Waals surface area contributed by atoms with Crippen LogP contribution in [0.15, 0.2) is 23.2 Å². The van der Waals surface area contributed by atoms with Gasteiger partial charge in [-0.05, 0) is 19.9 Å². The van der Waals surface area contributed by atoms with Gasteiger partial charge in [0.2, 0.25) is 0 Å². The molecule has 1 heterocycles. The average molecular weight is 378 g/mol. The van der Waals surface area contributed by atoms with E-state index in [1.54, 1.807) is 19.1 Å². The number of rotatable bonds is 6. The molecule has 1 saturated heterocycles. The molecule has 0 spiro atoms. The molecular formula is C19H30N4O4. The van der Waals surface area contributed by atoms with Gasteiger partial charge in [0.1, 0.15) is 0 Å². The topological polar surface area (TPSA) is 75.6 Å². The third kappa shape index (κ3) is 5.42. The highest BCUT2D eigenvalue weighted by Crippen LogP contribution is 2.31. The van der Waals surface area contributed by atoms with Crippen LogP contribution >= 0.6 is 0 Å². The second-order valence-electron chi connectivity index (χ2n) is 6.00. The third-order valence-corrected chi connectivity index (χ3v) is 4.32. The van der Waals surface area contributed by atoms with Crippen molar-refractivity contribution in [1.82, 2.24) is 15.1 Å². The molecule has 27 heavy (non-hydrogen) atoms. The van der Waals surface area contributed by atoms with Crippen LogP contribution in [0.2, 0.25) is 0 Å². The summed E-state index contributed by atoms with van der Waals surface area (Å²) in [4.78, 5) is 20.5. The Hall–Kier alpha value is -2.64. The molecule has 8 heteroatoms. The van der Waals surface area contributed by atoms with E-state index in [4.69, 9.17) is 19.2 Å². The minimum Gasteiger partial charge on any atom is -0.493 e. The Morgan fingerprint density at radius 3 is 2.41 bits per heavy atom. The lowest BCUT2D eigenvalue weighted by Crippen LogP contribution is -2.53. The lowest BCUT2D eigenvalue weighted by atomic mass is 10.2. The lowest BCUT2D eigenvalue weighted by Gasteiger charge is -2.35. The zero-order chi connectivity index (χ0) is 19.6. The van der Waals surface area contributed by atoms with E-state index in [0.29, 0.717) is 50.8 Å². The molecule has 0 unspecified atom stereocenters. The molecule has 0 atom stereocenters. The standard InChI is InChI=1S/C19H30N4O4/c1-5-20-18(22-10-12-23(13-11-22)19(24)27-6-2)21-14-15-8-7-9-16(25-3)17(15)26-4/h7-9H,5-6,10-14H2,1-4H3,(H,20,21). The number of aliphatic imine (C=N–C) groups is 1. The molecule has 1 aromatic carbocycles. The zero-order valence-electron chi connectivity index (χ0n) is 16.7. The minimum absolute atomic E-state index is 0.250. The van der Waals surface area contributed by atoms with Gasteiger partial charge in [-0.3, -0.25) is 0 Å². The molecule has 1 aromatic rings. The predicted octanol–water partition coefficient (Wildman–Crippen LogP) is 1.94. The van der Waals surface area contributed by atoms with Gasteiger partial charge < -0.3 is 29.3 Å². The van der Waals surface area contributed by atoms with E-state index in [-0.39, 0.29) is 6.09 Å². The second kappa shape index (κ2) is 10.5. The lowest BCUT2D eigenvalue weighted by molar-refractivity contribution is 0.0914. The Morgan fingerprint density at radius 1 is 1.11 bits per heavy atom. The Bertz CT molecular complexity index is 643. The fraction of sp³-hybridized carbons (Fsp3) is 0.579. The molecule has 1 fully saturated rings. The quantitative estimate of drug-likeness (QED) is 0.602. The molecule has 2 rings (SSSR count). The van der Waals surface area contributed by atoms with E-state index in [0.717, 1.165) is 18.1 Å². The van der Waals surface area contributed by atoms with Gasteiger partial charge in [-0.15, -0.1) is 0 Å². The highest BCUT2D eigenvalue weighted by Gasteiger charge is 2.23. The number of methoxy groups -OCH3 is 2. The molecule has 0 bridgehead atoms. The van der Waals surface area contributed by atoms with E-state index in [1.807, 2.05) is 32.0 Å². The number of carbonyl (C=O) groups excluding carboxylic acids is 1. The maximum absolute atomic E-state index is 11.9. The smallest absolute Gasteiger partial charge is 0.409 e. The predicted molar refractivity (Wildman–Crippen MR) is 105 cm³/mol. The van der Waals surface area contributed by atoms with E-state index in [1.165, 1.54) is 0 Å². The van der Waals surface area contributed by atoms with Crippen molar-refractivity contribution in [2.24, 2.45) is 4.99 Å². The van der Waals surface area contributed by atoms with Gasteiger partial charge in [0.15, 0.2) is 17.5 Å². The van der Waals surface area contributed by atoms with Gasteiger partial charge in [-0.1, -0.05) is 12.1 Å². The van der Waals surface area contributed by atoms with Crippen molar-refractivity contribution in [3.05, 3.63) is 23.8 Å². The molecule has 0 saturated carbocycles. The maximum Gasteiger partial charge on any atom is 0.409 e. The highest BCUT2D eigenvalue weighted by atomic mass is 16.6. The van der Waals surface area contributed by atoms with E-state index in [2.05, 4.69) is 10.2 Å². The van der Waals surface area contributed by atoms with Gasteiger partial charge in [-0.2, -0.15) is 0 Å². The molecule has 0 radical (unpaired) electrons. The molecule has 0 aromatic heterocycles. The monoisotopic (exact) mass is 378 g/mol. The van der Waals surface area contributed by atoms with E-state index >= 15 is 0 Å². The summed E-state index contributed by atoms with van der Waals surface area (Å²) in [5.41, 5.74) is 0.956. The number of nitrogens with one attached hydrogen (secondary N) is 1. The molecule has 1 N–H and O–H groups in total. The van der Waals surface area contributed by atoms with E-state index < -0.39 is 0 Å². The van der Waals surface area contributed by atoms with Crippen molar-refractivity contribution >= 4 is 12.1 Å². The number of ether oxygens (including phenoxy) is 3. The van der Waals surface area contributed by atoms with Gasteiger partial charge in [0, 0.05) is 38.3 Å². The van der Waals surface area contributed by atoms with E-state index in [9.17, 15) is 4.79 Å². The summed E-state index contributed by atoms with van der Waals surface area (Å²) in [5.74, 6) is 2.22. The van der Waals surface area contributed by atoms with Crippen LogP contribution in [0.5, 0.6) is 11.5 Å². The number of hydrogen-bond donors (Lipinski definition) is 1. The first-order valence-electron chi connectivity index (χ1n) is 9.29. The van der Waals surface area contributed by atoms with Crippen LogP contribution in [0.3, 0.4) is 0 Å². The third-order valence-electron chi connectivity index (χ3n) is 4.32. The highest BCUT2D eigenvalue weighted by molar-refractivity contribution is 5.80. The zero-order valence-corrected chi connectivity index (χ0v) is 16.7. The van der Waals surface area contributed by atoms with Crippen molar-refractivity contribution in [3.63, 3.8) is 0 Å². The summed E-state index contributed by atoms with van der Waals surface area (Å²) in [5, 5.41) is 3.33. The number of amides is 1. The molecule has 1 amide bonds. The Labute approximate surface area is 161 Å². The van der Waals surface area contributed by atoms with Crippen LogP contribution < -0.4 is 14.8 Å². The first-order valence-corrected chi connectivity index (χ1v) is 9.29. The summed E-state index contributed by atoms with van der Waals surface area (Å²) in [6.45, 7) is 8.14. The van der Waals surface area contributed by atoms with Crippen LogP contribution in [-0.4, -0.2) is 75.4 Å². The van der Waals surface area contributed by atoms with Crippen LogP contribution in [0.1, 0.15) is 19.4 Å². The van der Waals surface area contributed by atoms with Crippen molar-refractivity contribution in [2.75, 3.05) is 53.6 Å². The first-order chi connectivity index (χ1) is 13.1. The molecule has 150 valence electrons. The maximum atomic E-state index is 11.9. The fourth-order valence-electron chi connectivity index (χ4n) is 2.98. The van der Waals surface area contributed by atoms with Crippen molar-refractivity contribution in [3.8, 4) is 11.5 Å². The molecule has 1 aliphatic heterocycles. The molecule has 8 nitrogen and oxygen atoms in total. The molecule has 1 aliphatic rings. The van der Waals surface area contributed by atoms with Crippen LogP contribution in [0.4, 0.5) is 4.79 Å². The van der Waals surface area contributed by atoms with Gasteiger partial charge in [0.25, 0.3) is 0 Å². The summed E-state index contributed by atoms with van der Waals surface area (Å²) in [6.07, 6.45) is -0.250. The second-order valence-corrected chi connectivity index (χ2v) is 6.00. The number of benzene rings is 1. The number of carbonyl (C=O) groups is 1. The molecule has 0 aliphatic carbocycles. The number of guanidine groups is 1. The van der Waals surface area contributed by atoms with Crippen LogP contribution in [0, 0.1) is 0 Å². The fourth-order valence-corrected chi connectivity index (χ4v) is 2.98. The number of nitrogens with zero attached hydrogens (tertiary/aromatic N) is 3. The average Bonchev–Trinajstić information content (AvgIpc) is 2.71. The van der Waals surface area contributed by atoms with Crippen molar-refractivity contribution in [2.45, 2.75) is 20.4 Å². The minimum atomic E-state index is -0.250. The summed E-state index contributed by atoms with van der Waals surface area (Å²) >= 11 is 0. The Morgan fingerprint density at radius 2 is 1.81 bits per heavy atom. The van der Waals surface area contributed by atoms with Gasteiger partial charge in [0.05, 0.1) is 27.4 Å². The number of piperazine rings is 1. The van der Waals surface area contributed by atoms with Crippen LogP contribution in [-0.2, 0) is 11.3 Å². The summed E-state index contributed by atoms with van der Waals surface area (Å²) < 4.78 is 15.9. The van der Waals surface area contributed by atoms with Crippen molar-refractivity contribution in [1.29, 1.82) is 0 Å². The Balaban J connectivity index is 2.06. The SMILES string of the molecule is CCNC(=NCc1cccc(OC)c1OC)N1CCN(C(=O)OCC)CC1.